The van der Waals surface area contributed by atoms with E-state index in [0.717, 1.165) is 17.1 Å². The minimum absolute atomic E-state index is 0.277. The molecular weight excluding hydrogens is 387 g/mol. The van der Waals surface area contributed by atoms with Crippen molar-refractivity contribution in [1.29, 1.82) is 0 Å². The zero-order valence-corrected chi connectivity index (χ0v) is 17.0. The highest BCUT2D eigenvalue weighted by molar-refractivity contribution is 7.67. The summed E-state index contributed by atoms with van der Waals surface area (Å²) in [7, 11) is -3.03. The summed E-state index contributed by atoms with van der Waals surface area (Å²) in [6, 6.07) is 6.81. The summed E-state index contributed by atoms with van der Waals surface area (Å²) < 4.78 is 43.6. The lowest BCUT2D eigenvalue weighted by atomic mass is 10.0. The maximum absolute atomic E-state index is 14.7. The summed E-state index contributed by atoms with van der Waals surface area (Å²) in [5, 5.41) is 0.277. The highest BCUT2D eigenvalue weighted by Gasteiger charge is 2.16. The molecule has 1 aromatic carbocycles. The number of thiophene rings is 1. The van der Waals surface area contributed by atoms with Crippen molar-refractivity contribution in [3.8, 4) is 16.2 Å². The first-order chi connectivity index (χ1) is 12.8. The zero-order chi connectivity index (χ0) is 19.6. The van der Waals surface area contributed by atoms with Gasteiger partial charge in [0.1, 0.15) is 11.6 Å². The van der Waals surface area contributed by atoms with Crippen LogP contribution in [0.5, 0.6) is 5.06 Å². The van der Waals surface area contributed by atoms with Gasteiger partial charge in [0.25, 0.3) is 11.0 Å². The van der Waals surface area contributed by atoms with Gasteiger partial charge in [-0.25, -0.2) is 9.37 Å². The maximum Gasteiger partial charge on any atom is 0.299 e. The van der Waals surface area contributed by atoms with E-state index in [1.807, 2.05) is 17.6 Å². The van der Waals surface area contributed by atoms with Crippen molar-refractivity contribution in [2.45, 2.75) is 33.7 Å². The Hall–Kier alpha value is -2.19. The predicted molar refractivity (Wildman–Crippen MR) is 105 cm³/mol. The van der Waals surface area contributed by atoms with E-state index >= 15 is 0 Å². The molecule has 0 saturated carbocycles. The van der Waals surface area contributed by atoms with E-state index in [9.17, 15) is 12.8 Å². The van der Waals surface area contributed by atoms with Gasteiger partial charge in [-0.2, -0.15) is 8.42 Å². The molecule has 0 unspecified atom stereocenters. The number of thiol groups is 1. The number of hydrogen-bond donors (Lipinski definition) is 1. The van der Waals surface area contributed by atoms with Crippen LogP contribution in [0, 0.1) is 18.7 Å². The van der Waals surface area contributed by atoms with Gasteiger partial charge in [0.05, 0.1) is 6.54 Å². The van der Waals surface area contributed by atoms with Gasteiger partial charge in [0, 0.05) is 28.4 Å². The van der Waals surface area contributed by atoms with Gasteiger partial charge in [0.2, 0.25) is 5.06 Å². The number of nitrogens with zero attached hydrogens (tertiary/aromatic N) is 2. The van der Waals surface area contributed by atoms with Crippen LogP contribution >= 0.6 is 11.3 Å². The number of aromatic nitrogens is 2. The maximum atomic E-state index is 14.7. The molecule has 3 aromatic rings. The number of aryl methyl sites for hydroxylation is 1. The largest absolute Gasteiger partial charge is 0.372 e. The summed E-state index contributed by atoms with van der Waals surface area (Å²) in [4.78, 5) is 5.15. The lowest BCUT2D eigenvalue weighted by molar-refractivity contribution is 0.518. The smallest absolute Gasteiger partial charge is 0.299 e. The minimum atomic E-state index is -3.03. The number of hydrogen-bond acceptors (Lipinski definition) is 5. The van der Waals surface area contributed by atoms with Gasteiger partial charge < -0.3 is 8.75 Å². The van der Waals surface area contributed by atoms with Crippen LogP contribution in [-0.4, -0.2) is 18.0 Å². The van der Waals surface area contributed by atoms with Gasteiger partial charge in [-0.05, 0) is 37.0 Å². The fourth-order valence-electron chi connectivity index (χ4n) is 2.86. The Morgan fingerprint density at radius 1 is 1.30 bits per heavy atom. The van der Waals surface area contributed by atoms with Crippen LogP contribution in [0.1, 0.15) is 30.1 Å². The molecule has 0 N–H and O–H groups in total. The zero-order valence-electron chi connectivity index (χ0n) is 15.3. The molecule has 0 radical (unpaired) electrons. The molecule has 0 fully saturated rings. The Balaban J connectivity index is 1.94. The third-order valence-electron chi connectivity index (χ3n) is 4.14. The minimum Gasteiger partial charge on any atom is -0.372 e. The summed E-state index contributed by atoms with van der Waals surface area (Å²) in [6.45, 7) is 6.42. The summed E-state index contributed by atoms with van der Waals surface area (Å²) in [6.07, 6.45) is 4.28. The highest BCUT2D eigenvalue weighted by Crippen LogP contribution is 2.40. The van der Waals surface area contributed by atoms with Crippen molar-refractivity contribution in [3.05, 3.63) is 58.7 Å². The number of halogens is 1. The second kappa shape index (κ2) is 8.22. The molecule has 0 spiro atoms. The first-order valence-electron chi connectivity index (χ1n) is 8.55. The molecule has 0 amide bonds. The quantitative estimate of drug-likeness (QED) is 0.595. The third-order valence-corrected chi connectivity index (χ3v) is 5.63. The van der Waals surface area contributed by atoms with Crippen LogP contribution in [0.2, 0.25) is 0 Å². The van der Waals surface area contributed by atoms with Crippen LogP contribution in [0.3, 0.4) is 0 Å². The van der Waals surface area contributed by atoms with E-state index in [1.54, 1.807) is 24.5 Å². The molecular formula is C19H21FN2O3S2. The molecule has 0 aliphatic carbocycles. The summed E-state index contributed by atoms with van der Waals surface area (Å²) >= 11 is 1.29. The molecule has 8 heteroatoms. The Morgan fingerprint density at radius 2 is 2.07 bits per heavy atom. The molecule has 5 nitrogen and oxygen atoms in total. The van der Waals surface area contributed by atoms with Crippen molar-refractivity contribution in [2.24, 2.45) is 5.92 Å². The number of imidazole rings is 1. The monoisotopic (exact) mass is 408 g/mol. The van der Waals surface area contributed by atoms with E-state index in [4.69, 9.17) is 4.18 Å². The standard InChI is InChI=1S/C19H21FN2O3S2/c1-12(2)8-16-10-17(19(26-16)25-27(23)24)14-4-5-15(18(20)9-14)11-22-7-6-21-13(22)3/h4-7,9-10,12,27H,8,11H2,1-3H3. The molecule has 2 heterocycles. The topological polar surface area (TPSA) is 61.2 Å². The Labute approximate surface area is 163 Å². The lowest BCUT2D eigenvalue weighted by Gasteiger charge is -2.08. The van der Waals surface area contributed by atoms with E-state index in [1.165, 1.54) is 17.4 Å². The summed E-state index contributed by atoms with van der Waals surface area (Å²) in [5.41, 5.74) is 1.73. The predicted octanol–water partition coefficient (Wildman–Crippen LogP) is 4.21. The van der Waals surface area contributed by atoms with Crippen molar-refractivity contribution in [2.75, 3.05) is 0 Å². The van der Waals surface area contributed by atoms with E-state index < -0.39 is 11.0 Å². The Bertz CT molecular complexity index is 1010. The van der Waals surface area contributed by atoms with Crippen molar-refractivity contribution in [3.63, 3.8) is 0 Å². The molecule has 2 aromatic heterocycles. The van der Waals surface area contributed by atoms with E-state index in [0.29, 0.717) is 29.2 Å². The second-order valence-corrected chi connectivity index (χ2v) is 8.46. The van der Waals surface area contributed by atoms with Crippen LogP contribution in [0.25, 0.3) is 11.1 Å². The van der Waals surface area contributed by atoms with Crippen molar-refractivity contribution < 1.29 is 17.0 Å². The molecule has 3 rings (SSSR count). The van der Waals surface area contributed by atoms with Crippen molar-refractivity contribution >= 4 is 22.3 Å². The SMILES string of the molecule is Cc1nccn1Cc1ccc(-c2cc(CC(C)C)sc2O[SH](=O)=O)cc1F. The second-order valence-electron chi connectivity index (χ2n) is 6.74. The Kier molecular flexibility index (Phi) is 5.96. The molecule has 144 valence electrons. The average molecular weight is 409 g/mol. The fraction of sp³-hybridized carbons (Fsp3) is 0.316. The normalized spacial score (nSPS) is 11.5. The molecule has 0 aliphatic heterocycles. The highest BCUT2D eigenvalue weighted by atomic mass is 32.2. The first kappa shape index (κ1) is 19.6. The van der Waals surface area contributed by atoms with Crippen LogP contribution < -0.4 is 4.18 Å². The molecule has 0 saturated heterocycles. The molecule has 0 atom stereocenters. The number of rotatable bonds is 7. The van der Waals surface area contributed by atoms with Crippen LogP contribution in [0.4, 0.5) is 4.39 Å². The molecule has 0 bridgehead atoms. The van der Waals surface area contributed by atoms with E-state index in [-0.39, 0.29) is 10.9 Å². The van der Waals surface area contributed by atoms with Crippen molar-refractivity contribution in [1.82, 2.24) is 9.55 Å². The van der Waals surface area contributed by atoms with Gasteiger partial charge in [0.15, 0.2) is 0 Å². The lowest BCUT2D eigenvalue weighted by Crippen LogP contribution is -2.03. The fourth-order valence-corrected chi connectivity index (χ4v) is 4.54. The molecule has 0 aliphatic rings. The third kappa shape index (κ3) is 4.75. The van der Waals surface area contributed by atoms with Gasteiger partial charge in [-0.3, -0.25) is 0 Å². The number of benzene rings is 1. The average Bonchev–Trinajstić information content (AvgIpc) is 3.14. The van der Waals surface area contributed by atoms with E-state index in [2.05, 4.69) is 18.8 Å². The van der Waals surface area contributed by atoms with Gasteiger partial charge in [-0.15, -0.1) is 11.3 Å². The van der Waals surface area contributed by atoms with Crippen LogP contribution in [-0.2, 0) is 24.0 Å². The Morgan fingerprint density at radius 3 is 2.67 bits per heavy atom. The van der Waals surface area contributed by atoms with Gasteiger partial charge >= 0.3 is 0 Å². The van der Waals surface area contributed by atoms with Gasteiger partial charge in [-0.1, -0.05) is 26.0 Å². The molecule has 27 heavy (non-hydrogen) atoms. The van der Waals surface area contributed by atoms with Crippen LogP contribution in [0.15, 0.2) is 36.7 Å². The first-order valence-corrected chi connectivity index (χ1v) is 10.5. The summed E-state index contributed by atoms with van der Waals surface area (Å²) in [5.74, 6) is 0.877.